The number of amides is 2. The fourth-order valence-electron chi connectivity index (χ4n) is 3.76. The Kier molecular flexibility index (Phi) is 6.17. The number of nitrogens with zero attached hydrogens (tertiary/aromatic N) is 2. The molecule has 2 heterocycles. The number of hydrogen-bond donors (Lipinski definition) is 2. The number of aromatic nitrogens is 2. The van der Waals surface area contributed by atoms with Crippen molar-refractivity contribution in [2.75, 3.05) is 12.1 Å². The molecule has 1 aliphatic heterocycles. The van der Waals surface area contributed by atoms with Crippen LogP contribution in [0.4, 0.5) is 5.13 Å². The van der Waals surface area contributed by atoms with Crippen LogP contribution in [-0.4, -0.2) is 34.8 Å². The van der Waals surface area contributed by atoms with Gasteiger partial charge in [-0.3, -0.25) is 14.9 Å². The first-order chi connectivity index (χ1) is 14.5. The monoisotopic (exact) mass is 430 g/mol. The second-order valence-electron chi connectivity index (χ2n) is 7.82. The maximum Gasteiger partial charge on any atom is 0.249 e. The van der Waals surface area contributed by atoms with E-state index in [1.165, 1.54) is 11.3 Å². The Morgan fingerprint density at radius 1 is 1.20 bits per heavy atom. The molecule has 1 aromatic carbocycles. The number of rotatable bonds is 7. The first-order valence-electron chi connectivity index (χ1n) is 10.4. The van der Waals surface area contributed by atoms with Crippen molar-refractivity contribution in [1.29, 1.82) is 0 Å². The summed E-state index contributed by atoms with van der Waals surface area (Å²) in [5.41, 5.74) is 0.838. The Morgan fingerprint density at radius 3 is 2.73 bits per heavy atom. The summed E-state index contributed by atoms with van der Waals surface area (Å²) in [7, 11) is 0. The van der Waals surface area contributed by atoms with E-state index in [1.54, 1.807) is 0 Å². The second-order valence-corrected chi connectivity index (χ2v) is 8.80. The van der Waals surface area contributed by atoms with Crippen LogP contribution in [0.1, 0.15) is 46.0 Å². The Labute approximate surface area is 179 Å². The predicted molar refractivity (Wildman–Crippen MR) is 113 cm³/mol. The van der Waals surface area contributed by atoms with Crippen LogP contribution < -0.4 is 20.1 Å². The molecule has 2 amide bonds. The van der Waals surface area contributed by atoms with Gasteiger partial charge in [-0.1, -0.05) is 44.4 Å². The number of nitrogens with one attached hydrogen (secondary N) is 2. The second kappa shape index (κ2) is 8.99. The van der Waals surface area contributed by atoms with Crippen LogP contribution in [0, 0.1) is 11.8 Å². The van der Waals surface area contributed by atoms with E-state index in [0.29, 0.717) is 21.6 Å². The summed E-state index contributed by atoms with van der Waals surface area (Å²) in [5, 5.41) is 15.2. The molecule has 1 saturated carbocycles. The van der Waals surface area contributed by atoms with Crippen molar-refractivity contribution < 1.29 is 19.1 Å². The number of hydrogen-bond acceptors (Lipinski definition) is 7. The molecule has 4 rings (SSSR count). The van der Waals surface area contributed by atoms with Gasteiger partial charge in [0.2, 0.25) is 23.7 Å². The first kappa shape index (κ1) is 20.6. The van der Waals surface area contributed by atoms with Gasteiger partial charge in [0.1, 0.15) is 11.0 Å². The van der Waals surface area contributed by atoms with E-state index in [9.17, 15) is 9.59 Å². The number of fused-ring (bicyclic) bond motifs is 1. The first-order valence-corrected chi connectivity index (χ1v) is 11.2. The van der Waals surface area contributed by atoms with E-state index in [4.69, 9.17) is 9.47 Å². The number of ether oxygens (including phenoxy) is 2. The van der Waals surface area contributed by atoms with Gasteiger partial charge >= 0.3 is 0 Å². The highest BCUT2D eigenvalue weighted by Crippen LogP contribution is 2.37. The summed E-state index contributed by atoms with van der Waals surface area (Å²) < 4.78 is 10.7. The van der Waals surface area contributed by atoms with Crippen molar-refractivity contribution in [1.82, 2.24) is 15.5 Å². The summed E-state index contributed by atoms with van der Waals surface area (Å²) >= 11 is 1.28. The zero-order valence-electron chi connectivity index (χ0n) is 17.1. The Morgan fingerprint density at radius 2 is 1.97 bits per heavy atom. The van der Waals surface area contributed by atoms with Gasteiger partial charge in [-0.05, 0) is 37.0 Å². The van der Waals surface area contributed by atoms with Crippen molar-refractivity contribution in [3.8, 4) is 22.1 Å². The molecule has 0 spiro atoms. The van der Waals surface area contributed by atoms with E-state index >= 15 is 0 Å². The zero-order chi connectivity index (χ0) is 21.1. The van der Waals surface area contributed by atoms with Crippen LogP contribution in [0.3, 0.4) is 0 Å². The van der Waals surface area contributed by atoms with E-state index in [2.05, 4.69) is 20.8 Å². The Hall–Kier alpha value is -2.68. The van der Waals surface area contributed by atoms with Crippen molar-refractivity contribution >= 4 is 28.3 Å². The maximum atomic E-state index is 12.9. The Bertz CT molecular complexity index is 925. The highest BCUT2D eigenvalue weighted by atomic mass is 32.1. The lowest BCUT2D eigenvalue weighted by molar-refractivity contribution is -0.130. The Balaban J connectivity index is 1.44. The third-order valence-electron chi connectivity index (χ3n) is 5.79. The molecular weight excluding hydrogens is 404 g/mol. The quantitative estimate of drug-likeness (QED) is 0.696. The molecule has 160 valence electrons. The van der Waals surface area contributed by atoms with Crippen molar-refractivity contribution in [3.63, 3.8) is 0 Å². The summed E-state index contributed by atoms with van der Waals surface area (Å²) in [4.78, 5) is 25.5. The third kappa shape index (κ3) is 4.40. The van der Waals surface area contributed by atoms with Gasteiger partial charge in [-0.2, -0.15) is 0 Å². The minimum Gasteiger partial charge on any atom is -0.454 e. The van der Waals surface area contributed by atoms with Crippen LogP contribution in [0.5, 0.6) is 11.5 Å². The van der Waals surface area contributed by atoms with Crippen LogP contribution in [0.2, 0.25) is 0 Å². The number of carbonyl (C=O) groups is 2. The van der Waals surface area contributed by atoms with Crippen molar-refractivity contribution in [2.45, 2.75) is 52.0 Å². The van der Waals surface area contributed by atoms with Gasteiger partial charge in [-0.25, -0.2) is 0 Å². The maximum absolute atomic E-state index is 12.9. The molecule has 2 aromatic rings. The highest BCUT2D eigenvalue weighted by Gasteiger charge is 2.31. The third-order valence-corrected chi connectivity index (χ3v) is 6.68. The van der Waals surface area contributed by atoms with E-state index in [-0.39, 0.29) is 30.4 Å². The molecule has 0 radical (unpaired) electrons. The number of benzene rings is 1. The molecule has 0 saturated heterocycles. The normalized spacial score (nSPS) is 17.5. The number of anilines is 1. The summed E-state index contributed by atoms with van der Waals surface area (Å²) in [6.07, 6.45) is 4.73. The number of carbonyl (C=O) groups excluding carboxylic acids is 2. The molecule has 8 nitrogen and oxygen atoms in total. The molecule has 2 unspecified atom stereocenters. The molecule has 2 N–H and O–H groups in total. The molecule has 1 fully saturated rings. The molecule has 1 aliphatic carbocycles. The standard InChI is InChI=1S/C21H26N4O4S/c1-3-12(2)17(22-18(26)13-6-4-5-7-13)19(27)23-21-25-24-20(30-21)14-8-9-15-16(10-14)29-11-28-15/h8-10,12-13,17H,3-7,11H2,1-2H3,(H,22,26)(H,23,25,27). The lowest BCUT2D eigenvalue weighted by Crippen LogP contribution is -2.49. The van der Waals surface area contributed by atoms with E-state index < -0.39 is 6.04 Å². The molecular formula is C21H26N4O4S. The van der Waals surface area contributed by atoms with Crippen LogP contribution >= 0.6 is 11.3 Å². The van der Waals surface area contributed by atoms with Crippen molar-refractivity contribution in [3.05, 3.63) is 18.2 Å². The summed E-state index contributed by atoms with van der Waals surface area (Å²) in [5.74, 6) is 1.11. The average molecular weight is 431 g/mol. The zero-order valence-corrected chi connectivity index (χ0v) is 18.0. The molecule has 2 aliphatic rings. The van der Waals surface area contributed by atoms with Gasteiger partial charge in [0.15, 0.2) is 11.5 Å². The average Bonchev–Trinajstić information content (AvgIpc) is 3.52. The smallest absolute Gasteiger partial charge is 0.249 e. The fraction of sp³-hybridized carbons (Fsp3) is 0.524. The SMILES string of the molecule is CCC(C)C(NC(=O)C1CCCC1)C(=O)Nc1nnc(-c2ccc3c(c2)OCO3)s1. The minimum atomic E-state index is -0.596. The largest absolute Gasteiger partial charge is 0.454 e. The van der Waals surface area contributed by atoms with E-state index in [0.717, 1.165) is 37.7 Å². The summed E-state index contributed by atoms with van der Waals surface area (Å²) in [6.45, 7) is 4.19. The lowest BCUT2D eigenvalue weighted by atomic mass is 9.97. The predicted octanol–water partition coefficient (Wildman–Crippen LogP) is 3.59. The van der Waals surface area contributed by atoms with Gasteiger partial charge in [0, 0.05) is 11.5 Å². The van der Waals surface area contributed by atoms with Gasteiger partial charge < -0.3 is 14.8 Å². The molecule has 1 aromatic heterocycles. The molecule has 2 atom stereocenters. The molecule has 0 bridgehead atoms. The van der Waals surface area contributed by atoms with Crippen LogP contribution in [-0.2, 0) is 9.59 Å². The van der Waals surface area contributed by atoms with Gasteiger partial charge in [-0.15, -0.1) is 10.2 Å². The van der Waals surface area contributed by atoms with E-state index in [1.807, 2.05) is 32.0 Å². The van der Waals surface area contributed by atoms with Crippen molar-refractivity contribution in [2.24, 2.45) is 11.8 Å². The van der Waals surface area contributed by atoms with Crippen LogP contribution in [0.15, 0.2) is 18.2 Å². The van der Waals surface area contributed by atoms with Gasteiger partial charge in [0.05, 0.1) is 0 Å². The molecule has 9 heteroatoms. The highest BCUT2D eigenvalue weighted by molar-refractivity contribution is 7.18. The topological polar surface area (TPSA) is 102 Å². The lowest BCUT2D eigenvalue weighted by Gasteiger charge is -2.24. The fourth-order valence-corrected chi connectivity index (χ4v) is 4.51. The minimum absolute atomic E-state index is 0.0107. The van der Waals surface area contributed by atoms with Gasteiger partial charge in [0.25, 0.3) is 0 Å². The summed E-state index contributed by atoms with van der Waals surface area (Å²) in [6, 6.07) is 4.96. The van der Waals surface area contributed by atoms with Crippen LogP contribution in [0.25, 0.3) is 10.6 Å². The molecule has 30 heavy (non-hydrogen) atoms.